The zero-order chi connectivity index (χ0) is 14.4. The minimum Gasteiger partial charge on any atom is -0.385 e. The number of ether oxygens (including phenoxy) is 1. The van der Waals surface area contributed by atoms with Crippen LogP contribution in [0.25, 0.3) is 10.9 Å². The molecule has 2 aromatic rings. The van der Waals surface area contributed by atoms with Gasteiger partial charge in [0.05, 0.1) is 5.52 Å². The summed E-state index contributed by atoms with van der Waals surface area (Å²) in [6.45, 7) is 7.26. The highest BCUT2D eigenvalue weighted by Crippen LogP contribution is 2.25. The Hall–Kier alpha value is -1.32. The number of aromatic nitrogens is 1. The first kappa shape index (κ1) is 15.1. The molecule has 0 aliphatic carbocycles. The predicted molar refractivity (Wildman–Crippen MR) is 85.1 cm³/mol. The van der Waals surface area contributed by atoms with E-state index in [1.807, 2.05) is 0 Å². The van der Waals surface area contributed by atoms with Gasteiger partial charge in [-0.2, -0.15) is 0 Å². The summed E-state index contributed by atoms with van der Waals surface area (Å²) in [6.07, 6.45) is 4.41. The van der Waals surface area contributed by atoms with Crippen LogP contribution >= 0.6 is 0 Å². The van der Waals surface area contributed by atoms with Crippen LogP contribution < -0.4 is 5.32 Å². The van der Waals surface area contributed by atoms with Crippen LogP contribution in [0.3, 0.4) is 0 Å². The topological polar surface area (TPSA) is 26.2 Å². The number of methoxy groups -OCH3 is 1. The molecule has 0 aliphatic rings. The maximum Gasteiger partial charge on any atom is 0.0528 e. The third kappa shape index (κ3) is 3.41. The normalized spacial score (nSPS) is 12.9. The van der Waals surface area contributed by atoms with E-state index in [2.05, 4.69) is 54.2 Å². The Morgan fingerprint density at radius 2 is 2.15 bits per heavy atom. The van der Waals surface area contributed by atoms with Crippen molar-refractivity contribution in [3.05, 3.63) is 36.0 Å². The zero-order valence-corrected chi connectivity index (χ0v) is 12.9. The molecule has 0 radical (unpaired) electrons. The van der Waals surface area contributed by atoms with E-state index in [-0.39, 0.29) is 0 Å². The SMILES string of the molecule is CCCNCc1cccc2ccn(C(C)CCOC)c12. The van der Waals surface area contributed by atoms with Crippen LogP contribution in [0.15, 0.2) is 30.5 Å². The number of hydrogen-bond donors (Lipinski definition) is 1. The average molecular weight is 274 g/mol. The van der Waals surface area contributed by atoms with Gasteiger partial charge in [-0.05, 0) is 43.3 Å². The zero-order valence-electron chi connectivity index (χ0n) is 12.9. The van der Waals surface area contributed by atoms with Crippen LogP contribution in [-0.2, 0) is 11.3 Å². The Morgan fingerprint density at radius 1 is 1.30 bits per heavy atom. The van der Waals surface area contributed by atoms with Crippen LogP contribution in [0.1, 0.15) is 38.3 Å². The van der Waals surface area contributed by atoms with E-state index < -0.39 is 0 Å². The van der Waals surface area contributed by atoms with E-state index in [0.717, 1.165) is 26.1 Å². The number of para-hydroxylation sites is 1. The molecule has 2 rings (SSSR count). The maximum atomic E-state index is 5.21. The van der Waals surface area contributed by atoms with Crippen molar-refractivity contribution in [2.24, 2.45) is 0 Å². The van der Waals surface area contributed by atoms with Crippen molar-refractivity contribution in [2.75, 3.05) is 20.3 Å². The Balaban J connectivity index is 2.26. The molecule has 0 amide bonds. The van der Waals surface area contributed by atoms with Crippen molar-refractivity contribution in [3.63, 3.8) is 0 Å². The molecule has 1 heterocycles. The van der Waals surface area contributed by atoms with Crippen LogP contribution in [0.4, 0.5) is 0 Å². The number of rotatable bonds is 8. The highest BCUT2D eigenvalue weighted by molar-refractivity contribution is 5.83. The standard InChI is InChI=1S/C17H26N2O/c1-4-10-18-13-16-7-5-6-15-8-11-19(17(15)16)14(2)9-12-20-3/h5-8,11,14,18H,4,9-10,12-13H2,1-3H3. The van der Waals surface area contributed by atoms with Gasteiger partial charge in [0, 0.05) is 32.5 Å². The van der Waals surface area contributed by atoms with Gasteiger partial charge in [0.2, 0.25) is 0 Å². The maximum absolute atomic E-state index is 5.21. The highest BCUT2D eigenvalue weighted by Gasteiger charge is 2.11. The van der Waals surface area contributed by atoms with Crippen LogP contribution in [0, 0.1) is 0 Å². The summed E-state index contributed by atoms with van der Waals surface area (Å²) in [4.78, 5) is 0. The van der Waals surface area contributed by atoms with Gasteiger partial charge in [-0.15, -0.1) is 0 Å². The van der Waals surface area contributed by atoms with Gasteiger partial charge < -0.3 is 14.6 Å². The molecule has 20 heavy (non-hydrogen) atoms. The molecule has 0 saturated heterocycles. The number of benzene rings is 1. The Morgan fingerprint density at radius 3 is 2.90 bits per heavy atom. The summed E-state index contributed by atoms with van der Waals surface area (Å²) in [5.74, 6) is 0. The first-order valence-electron chi connectivity index (χ1n) is 7.56. The van der Waals surface area contributed by atoms with Crippen LogP contribution in [-0.4, -0.2) is 24.8 Å². The van der Waals surface area contributed by atoms with Crippen molar-refractivity contribution in [1.29, 1.82) is 0 Å². The minimum atomic E-state index is 0.458. The van der Waals surface area contributed by atoms with Gasteiger partial charge in [-0.1, -0.05) is 25.1 Å². The van der Waals surface area contributed by atoms with Gasteiger partial charge in [-0.3, -0.25) is 0 Å². The molecule has 0 bridgehead atoms. The molecule has 0 fully saturated rings. The molecule has 1 aromatic carbocycles. The molecule has 1 N–H and O–H groups in total. The monoisotopic (exact) mass is 274 g/mol. The molecular weight excluding hydrogens is 248 g/mol. The molecule has 1 atom stereocenters. The first-order chi connectivity index (χ1) is 9.77. The van der Waals surface area contributed by atoms with Crippen molar-refractivity contribution in [1.82, 2.24) is 9.88 Å². The van der Waals surface area contributed by atoms with Crippen LogP contribution in [0.5, 0.6) is 0 Å². The fourth-order valence-corrected chi connectivity index (χ4v) is 2.63. The lowest BCUT2D eigenvalue weighted by molar-refractivity contribution is 0.181. The molecule has 0 spiro atoms. The number of hydrogen-bond acceptors (Lipinski definition) is 2. The minimum absolute atomic E-state index is 0.458. The summed E-state index contributed by atoms with van der Waals surface area (Å²) >= 11 is 0. The summed E-state index contributed by atoms with van der Waals surface area (Å²) in [5.41, 5.74) is 2.74. The Bertz CT molecular complexity index is 533. The summed E-state index contributed by atoms with van der Waals surface area (Å²) in [5, 5.41) is 4.83. The fourth-order valence-electron chi connectivity index (χ4n) is 2.63. The number of fused-ring (bicyclic) bond motifs is 1. The fraction of sp³-hybridized carbons (Fsp3) is 0.529. The molecule has 1 unspecified atom stereocenters. The van der Waals surface area contributed by atoms with E-state index >= 15 is 0 Å². The van der Waals surface area contributed by atoms with E-state index in [9.17, 15) is 0 Å². The molecule has 110 valence electrons. The number of nitrogens with zero attached hydrogens (tertiary/aromatic N) is 1. The highest BCUT2D eigenvalue weighted by atomic mass is 16.5. The molecule has 0 aliphatic heterocycles. The second kappa shape index (κ2) is 7.46. The molecule has 3 nitrogen and oxygen atoms in total. The lowest BCUT2D eigenvalue weighted by Crippen LogP contribution is -2.15. The van der Waals surface area contributed by atoms with Gasteiger partial charge in [0.15, 0.2) is 0 Å². The van der Waals surface area contributed by atoms with Crippen molar-refractivity contribution in [2.45, 2.75) is 39.3 Å². The summed E-state index contributed by atoms with van der Waals surface area (Å²) < 4.78 is 7.59. The smallest absolute Gasteiger partial charge is 0.0528 e. The largest absolute Gasteiger partial charge is 0.385 e. The lowest BCUT2D eigenvalue weighted by atomic mass is 10.1. The first-order valence-corrected chi connectivity index (χ1v) is 7.56. The van der Waals surface area contributed by atoms with Gasteiger partial charge in [0.25, 0.3) is 0 Å². The summed E-state index contributed by atoms with van der Waals surface area (Å²) in [7, 11) is 1.76. The van der Waals surface area contributed by atoms with Crippen LogP contribution in [0.2, 0.25) is 0 Å². The van der Waals surface area contributed by atoms with E-state index in [4.69, 9.17) is 4.74 Å². The van der Waals surface area contributed by atoms with Crippen molar-refractivity contribution < 1.29 is 4.74 Å². The predicted octanol–water partition coefficient (Wildman–Crippen LogP) is 3.74. The van der Waals surface area contributed by atoms with Gasteiger partial charge in [0.1, 0.15) is 0 Å². The summed E-state index contributed by atoms with van der Waals surface area (Å²) in [6, 6.07) is 9.24. The Labute approximate surface area is 121 Å². The molecule has 3 heteroatoms. The number of nitrogens with one attached hydrogen (secondary N) is 1. The van der Waals surface area contributed by atoms with Gasteiger partial charge >= 0.3 is 0 Å². The molecule has 0 saturated carbocycles. The molecule has 1 aromatic heterocycles. The van der Waals surface area contributed by atoms with Gasteiger partial charge in [-0.25, -0.2) is 0 Å². The lowest BCUT2D eigenvalue weighted by Gasteiger charge is -2.17. The third-order valence-corrected chi connectivity index (χ3v) is 3.78. The molecular formula is C17H26N2O. The van der Waals surface area contributed by atoms with E-state index in [0.29, 0.717) is 6.04 Å². The average Bonchev–Trinajstić information content (AvgIpc) is 2.90. The quantitative estimate of drug-likeness (QED) is 0.742. The van der Waals surface area contributed by atoms with Crippen molar-refractivity contribution >= 4 is 10.9 Å². The third-order valence-electron chi connectivity index (χ3n) is 3.78. The van der Waals surface area contributed by atoms with E-state index in [1.165, 1.54) is 22.9 Å². The second-order valence-electron chi connectivity index (χ2n) is 5.39. The Kier molecular flexibility index (Phi) is 5.62. The van der Waals surface area contributed by atoms with E-state index in [1.54, 1.807) is 7.11 Å². The van der Waals surface area contributed by atoms with Crippen molar-refractivity contribution in [3.8, 4) is 0 Å². The second-order valence-corrected chi connectivity index (χ2v) is 5.39.